The van der Waals surface area contributed by atoms with Crippen LogP contribution in [-0.2, 0) is 19.3 Å². The molecule has 1 aliphatic carbocycles. The molecule has 0 aliphatic heterocycles. The lowest BCUT2D eigenvalue weighted by Gasteiger charge is -2.16. The summed E-state index contributed by atoms with van der Waals surface area (Å²) >= 11 is 0. The van der Waals surface area contributed by atoms with Crippen molar-refractivity contribution in [2.45, 2.75) is 39.0 Å². The molecule has 0 spiro atoms. The quantitative estimate of drug-likeness (QED) is 0.739. The molecule has 0 radical (unpaired) electrons. The average molecular weight is 296 g/mol. The number of aromatic nitrogens is 4. The normalized spacial score (nSPS) is 14.0. The number of hydrogen-bond donors (Lipinski definition) is 0. The number of fused-ring (bicyclic) bond motifs is 1. The molecule has 0 aromatic carbocycles. The minimum Gasteiger partial charge on any atom is -0.361 e. The Labute approximate surface area is 127 Å². The molecule has 3 aromatic rings. The lowest BCUT2D eigenvalue weighted by Crippen LogP contribution is -2.06. The van der Waals surface area contributed by atoms with Crippen LogP contribution >= 0.6 is 0 Å². The highest BCUT2D eigenvalue weighted by Crippen LogP contribution is 2.28. The molecular formula is C16H16N4O2. The first-order valence-corrected chi connectivity index (χ1v) is 7.51. The summed E-state index contributed by atoms with van der Waals surface area (Å²) in [7, 11) is 0. The lowest BCUT2D eigenvalue weighted by atomic mass is 9.91. The molecule has 0 unspecified atom stereocenters. The summed E-state index contributed by atoms with van der Waals surface area (Å²) in [5, 5.41) is 8.04. The van der Waals surface area contributed by atoms with Crippen LogP contribution in [-0.4, -0.2) is 20.3 Å². The SMILES string of the molecule is Cc1cc(Cc2nc(-c3nccc4c3CCCC4)no2)no1. The standard InChI is InChI=1S/C16H16N4O2/c1-10-8-12(19-21-10)9-14-18-16(20-22-14)15-13-5-3-2-4-11(13)6-7-17-15/h6-8H,2-5,9H2,1H3. The first-order valence-electron chi connectivity index (χ1n) is 7.51. The van der Waals surface area contributed by atoms with Crippen LogP contribution < -0.4 is 0 Å². The fourth-order valence-corrected chi connectivity index (χ4v) is 2.93. The first kappa shape index (κ1) is 13.2. The summed E-state index contributed by atoms with van der Waals surface area (Å²) in [5.74, 6) is 1.86. The van der Waals surface area contributed by atoms with Crippen LogP contribution in [0.25, 0.3) is 11.5 Å². The maximum atomic E-state index is 5.34. The van der Waals surface area contributed by atoms with Crippen molar-refractivity contribution in [1.82, 2.24) is 20.3 Å². The van der Waals surface area contributed by atoms with E-state index in [1.165, 1.54) is 24.0 Å². The van der Waals surface area contributed by atoms with E-state index < -0.39 is 0 Å². The van der Waals surface area contributed by atoms with Crippen molar-refractivity contribution in [2.75, 3.05) is 0 Å². The van der Waals surface area contributed by atoms with Crippen LogP contribution in [0.15, 0.2) is 27.4 Å². The molecule has 0 fully saturated rings. The molecule has 0 bridgehead atoms. The van der Waals surface area contributed by atoms with Crippen LogP contribution in [0.1, 0.15) is 41.3 Å². The van der Waals surface area contributed by atoms with Crippen molar-refractivity contribution in [3.8, 4) is 11.5 Å². The van der Waals surface area contributed by atoms with Crippen LogP contribution in [0, 0.1) is 6.92 Å². The zero-order chi connectivity index (χ0) is 14.9. The second-order valence-corrected chi connectivity index (χ2v) is 5.62. The van der Waals surface area contributed by atoms with Gasteiger partial charge in [0, 0.05) is 12.3 Å². The Bertz CT molecular complexity index is 806. The molecule has 0 N–H and O–H groups in total. The third-order valence-corrected chi connectivity index (χ3v) is 3.96. The fraction of sp³-hybridized carbons (Fsp3) is 0.375. The summed E-state index contributed by atoms with van der Waals surface area (Å²) in [6.07, 6.45) is 6.86. The summed E-state index contributed by atoms with van der Waals surface area (Å²) < 4.78 is 10.4. The zero-order valence-electron chi connectivity index (χ0n) is 12.4. The molecule has 0 amide bonds. The van der Waals surface area contributed by atoms with Crippen molar-refractivity contribution in [3.05, 3.63) is 46.8 Å². The average Bonchev–Trinajstić information content (AvgIpc) is 3.16. The molecule has 4 rings (SSSR count). The van der Waals surface area contributed by atoms with Gasteiger partial charge in [-0.15, -0.1) is 0 Å². The van der Waals surface area contributed by atoms with Crippen LogP contribution in [0.3, 0.4) is 0 Å². The largest absolute Gasteiger partial charge is 0.361 e. The Morgan fingerprint density at radius 2 is 2.05 bits per heavy atom. The minimum absolute atomic E-state index is 0.472. The summed E-state index contributed by atoms with van der Waals surface area (Å²) in [4.78, 5) is 8.94. The summed E-state index contributed by atoms with van der Waals surface area (Å²) in [6, 6.07) is 3.96. The molecule has 0 atom stereocenters. The highest BCUT2D eigenvalue weighted by molar-refractivity contribution is 5.57. The Morgan fingerprint density at radius 1 is 1.14 bits per heavy atom. The summed E-state index contributed by atoms with van der Waals surface area (Å²) in [5.41, 5.74) is 4.26. The number of pyridine rings is 1. The predicted octanol–water partition coefficient (Wildman–Crippen LogP) is 2.90. The van der Waals surface area contributed by atoms with E-state index in [4.69, 9.17) is 9.05 Å². The van der Waals surface area contributed by atoms with Crippen molar-refractivity contribution in [2.24, 2.45) is 0 Å². The van der Waals surface area contributed by atoms with Gasteiger partial charge >= 0.3 is 0 Å². The third kappa shape index (κ3) is 2.41. The summed E-state index contributed by atoms with van der Waals surface area (Å²) in [6.45, 7) is 1.86. The number of nitrogens with zero attached hydrogens (tertiary/aromatic N) is 4. The first-order chi connectivity index (χ1) is 10.8. The fourth-order valence-electron chi connectivity index (χ4n) is 2.93. The van der Waals surface area contributed by atoms with Gasteiger partial charge < -0.3 is 9.05 Å². The molecule has 112 valence electrons. The van der Waals surface area contributed by atoms with Gasteiger partial charge in [0.25, 0.3) is 0 Å². The Kier molecular flexibility index (Phi) is 3.21. The molecule has 1 aliphatic rings. The molecule has 22 heavy (non-hydrogen) atoms. The second kappa shape index (κ2) is 5.36. The highest BCUT2D eigenvalue weighted by Gasteiger charge is 2.19. The molecule has 6 heteroatoms. The van der Waals surface area contributed by atoms with E-state index in [-0.39, 0.29) is 0 Å². The van der Waals surface area contributed by atoms with Crippen LogP contribution in [0.2, 0.25) is 0 Å². The van der Waals surface area contributed by atoms with Crippen LogP contribution in [0.5, 0.6) is 0 Å². The van der Waals surface area contributed by atoms with Gasteiger partial charge in [-0.2, -0.15) is 4.98 Å². The number of rotatable bonds is 3. The van der Waals surface area contributed by atoms with Gasteiger partial charge in [0.05, 0.1) is 12.1 Å². The van der Waals surface area contributed by atoms with Gasteiger partial charge in [0.15, 0.2) is 0 Å². The number of hydrogen-bond acceptors (Lipinski definition) is 6. The van der Waals surface area contributed by atoms with Gasteiger partial charge in [-0.3, -0.25) is 4.98 Å². The van der Waals surface area contributed by atoms with E-state index in [1.807, 2.05) is 19.2 Å². The van der Waals surface area contributed by atoms with Gasteiger partial charge in [-0.25, -0.2) is 0 Å². The molecule has 3 heterocycles. The van der Waals surface area contributed by atoms with E-state index in [0.717, 1.165) is 30.0 Å². The maximum absolute atomic E-state index is 5.34. The molecule has 6 nitrogen and oxygen atoms in total. The van der Waals surface area contributed by atoms with E-state index in [9.17, 15) is 0 Å². The van der Waals surface area contributed by atoms with E-state index in [1.54, 1.807) is 0 Å². The van der Waals surface area contributed by atoms with Crippen molar-refractivity contribution < 1.29 is 9.05 Å². The monoisotopic (exact) mass is 296 g/mol. The number of aryl methyl sites for hydroxylation is 2. The third-order valence-electron chi connectivity index (χ3n) is 3.96. The Morgan fingerprint density at radius 3 is 2.91 bits per heavy atom. The van der Waals surface area contributed by atoms with Gasteiger partial charge in [0.2, 0.25) is 11.7 Å². The molecule has 3 aromatic heterocycles. The van der Waals surface area contributed by atoms with E-state index in [0.29, 0.717) is 18.1 Å². The lowest BCUT2D eigenvalue weighted by molar-refractivity contribution is 0.371. The minimum atomic E-state index is 0.472. The Hall–Kier alpha value is -2.50. The zero-order valence-corrected chi connectivity index (χ0v) is 12.4. The van der Waals surface area contributed by atoms with E-state index >= 15 is 0 Å². The van der Waals surface area contributed by atoms with Crippen LogP contribution in [0.4, 0.5) is 0 Å². The van der Waals surface area contributed by atoms with Gasteiger partial charge in [0.1, 0.15) is 11.5 Å². The smallest absolute Gasteiger partial charge is 0.233 e. The van der Waals surface area contributed by atoms with Gasteiger partial charge in [-0.1, -0.05) is 10.3 Å². The van der Waals surface area contributed by atoms with Crippen molar-refractivity contribution in [1.29, 1.82) is 0 Å². The molecule has 0 saturated heterocycles. The maximum Gasteiger partial charge on any atom is 0.233 e. The highest BCUT2D eigenvalue weighted by atomic mass is 16.5. The van der Waals surface area contributed by atoms with Crippen molar-refractivity contribution in [3.63, 3.8) is 0 Å². The predicted molar refractivity (Wildman–Crippen MR) is 78.2 cm³/mol. The molecular weight excluding hydrogens is 280 g/mol. The van der Waals surface area contributed by atoms with E-state index in [2.05, 4.69) is 26.3 Å². The molecule has 0 saturated carbocycles. The topological polar surface area (TPSA) is 77.8 Å². The van der Waals surface area contributed by atoms with Gasteiger partial charge in [-0.05, 0) is 49.8 Å². The van der Waals surface area contributed by atoms with Crippen molar-refractivity contribution >= 4 is 0 Å². The Balaban J connectivity index is 1.64. The second-order valence-electron chi connectivity index (χ2n) is 5.62.